The summed E-state index contributed by atoms with van der Waals surface area (Å²) in [4.78, 5) is 32.8. The van der Waals surface area contributed by atoms with Crippen molar-refractivity contribution in [3.63, 3.8) is 0 Å². The van der Waals surface area contributed by atoms with Crippen molar-refractivity contribution in [2.75, 3.05) is 26.1 Å². The molecule has 174 valence electrons. The van der Waals surface area contributed by atoms with Crippen LogP contribution in [0.3, 0.4) is 0 Å². The van der Waals surface area contributed by atoms with Crippen molar-refractivity contribution in [1.29, 1.82) is 0 Å². The average Bonchev–Trinajstić information content (AvgIpc) is 2.82. The van der Waals surface area contributed by atoms with E-state index in [4.69, 9.17) is 25.2 Å². The van der Waals surface area contributed by atoms with Crippen molar-refractivity contribution in [3.05, 3.63) is 71.3 Å². The molecule has 0 fully saturated rings. The zero-order valence-electron chi connectivity index (χ0n) is 18.3. The maximum absolute atomic E-state index is 10.3. The third kappa shape index (κ3) is 7.91. The van der Waals surface area contributed by atoms with Gasteiger partial charge in [-0.3, -0.25) is 14.4 Å². The molecule has 0 saturated heterocycles. The summed E-state index contributed by atoms with van der Waals surface area (Å²) >= 11 is 0. The van der Waals surface area contributed by atoms with Crippen LogP contribution in [0.15, 0.2) is 54.6 Å². The second kappa shape index (κ2) is 13.0. The summed E-state index contributed by atoms with van der Waals surface area (Å²) in [5, 5.41) is 35.7. The van der Waals surface area contributed by atoms with E-state index >= 15 is 0 Å². The number of ether oxygens (including phenoxy) is 1. The Labute approximate surface area is 190 Å². The van der Waals surface area contributed by atoms with Crippen LogP contribution in [0.1, 0.15) is 31.1 Å². The van der Waals surface area contributed by atoms with Gasteiger partial charge in [0.2, 0.25) is 0 Å². The summed E-state index contributed by atoms with van der Waals surface area (Å²) in [5.41, 5.74) is 1.96. The highest BCUT2D eigenvalue weighted by Gasteiger charge is 2.09. The van der Waals surface area contributed by atoms with Crippen LogP contribution in [-0.2, 0) is 0 Å². The number of methoxy groups -OCH3 is 1. The summed E-state index contributed by atoms with van der Waals surface area (Å²) in [6, 6.07) is 14.0. The van der Waals surface area contributed by atoms with Crippen molar-refractivity contribution in [3.8, 4) is 28.7 Å². The van der Waals surface area contributed by atoms with Gasteiger partial charge in [-0.25, -0.2) is 0 Å². The van der Waals surface area contributed by atoms with Crippen LogP contribution in [0.5, 0.6) is 28.7 Å². The fraction of sp³-hybridized carbons (Fsp3) is 0.125. The third-order valence-electron chi connectivity index (χ3n) is 4.18. The van der Waals surface area contributed by atoms with Gasteiger partial charge in [0.1, 0.15) is 29.1 Å². The van der Waals surface area contributed by atoms with Crippen molar-refractivity contribution in [1.82, 2.24) is 0 Å². The number of rotatable bonds is 5. The molecule has 9 heteroatoms. The number of hydrogen-bond donors (Lipinski definition) is 4. The largest absolute Gasteiger partial charge is 0.508 e. The van der Waals surface area contributed by atoms with Gasteiger partial charge in [-0.2, -0.15) is 0 Å². The van der Waals surface area contributed by atoms with Crippen molar-refractivity contribution in [2.45, 2.75) is 0 Å². The molecule has 33 heavy (non-hydrogen) atoms. The Morgan fingerprint density at radius 1 is 0.758 bits per heavy atom. The third-order valence-corrected chi connectivity index (χ3v) is 4.18. The summed E-state index contributed by atoms with van der Waals surface area (Å²) in [5.74, 6) is -0.896. The number of hydrogen-bond acceptors (Lipinski definition) is 9. The van der Waals surface area contributed by atoms with E-state index < -0.39 is 11.5 Å². The Bertz CT molecular complexity index is 1080. The van der Waals surface area contributed by atoms with Gasteiger partial charge < -0.3 is 30.1 Å². The van der Waals surface area contributed by atoms with Crippen LogP contribution >= 0.6 is 0 Å². The van der Waals surface area contributed by atoms with Crippen LogP contribution in [0, 0.1) is 0 Å². The van der Waals surface area contributed by atoms with E-state index in [2.05, 4.69) is 0 Å². The number of carbonyl (C=O) groups excluding carboxylic acids is 3. The molecule has 0 saturated carbocycles. The summed E-state index contributed by atoms with van der Waals surface area (Å²) in [6.45, 7) is 0. The fourth-order valence-electron chi connectivity index (χ4n) is 2.35. The lowest BCUT2D eigenvalue weighted by atomic mass is 10.2. The highest BCUT2D eigenvalue weighted by atomic mass is 16.5. The Morgan fingerprint density at radius 3 is 1.82 bits per heavy atom. The van der Waals surface area contributed by atoms with Gasteiger partial charge in [-0.15, -0.1) is 0 Å². The zero-order chi connectivity index (χ0) is 25.0. The molecule has 0 atom stereocenters. The molecule has 0 heterocycles. The monoisotopic (exact) mass is 455 g/mol. The predicted octanol–water partition coefficient (Wildman–Crippen LogP) is 3.39. The van der Waals surface area contributed by atoms with E-state index in [0.717, 1.165) is 29.7 Å². The molecule has 0 aliphatic rings. The minimum atomic E-state index is -0.597. The topological polar surface area (TPSA) is 145 Å². The lowest BCUT2D eigenvalue weighted by molar-refractivity contribution is 0.111. The second-order valence-corrected chi connectivity index (χ2v) is 6.63. The lowest BCUT2D eigenvalue weighted by Gasteiger charge is -2.11. The van der Waals surface area contributed by atoms with Gasteiger partial charge in [-0.05, 0) is 48.5 Å². The average molecular weight is 455 g/mol. The minimum Gasteiger partial charge on any atom is -0.508 e. The molecule has 0 amide bonds. The van der Waals surface area contributed by atoms with Gasteiger partial charge >= 0.3 is 0 Å². The summed E-state index contributed by atoms with van der Waals surface area (Å²) < 4.78 is 4.83. The van der Waals surface area contributed by atoms with Crippen molar-refractivity contribution in [2.24, 2.45) is 0 Å². The van der Waals surface area contributed by atoms with Crippen LogP contribution < -0.4 is 9.64 Å². The Morgan fingerprint density at radius 2 is 1.36 bits per heavy atom. The number of phenols is 4. The first kappa shape index (κ1) is 26.5. The van der Waals surface area contributed by atoms with Crippen LogP contribution in [0.4, 0.5) is 5.69 Å². The molecule has 3 rings (SSSR count). The van der Waals surface area contributed by atoms with Gasteiger partial charge in [0.15, 0.2) is 24.1 Å². The maximum Gasteiger partial charge on any atom is 0.171 e. The molecular weight excluding hydrogens is 430 g/mol. The molecule has 9 nitrogen and oxygen atoms in total. The first-order valence-corrected chi connectivity index (χ1v) is 9.42. The molecule has 0 aliphatic heterocycles. The van der Waals surface area contributed by atoms with Crippen molar-refractivity contribution >= 4 is 24.5 Å². The first-order chi connectivity index (χ1) is 15.7. The number of anilines is 1. The molecule has 4 N–H and O–H groups in total. The quantitative estimate of drug-likeness (QED) is 0.258. The highest BCUT2D eigenvalue weighted by Crippen LogP contribution is 2.33. The first-order valence-electron chi connectivity index (χ1n) is 9.42. The van der Waals surface area contributed by atoms with E-state index in [9.17, 15) is 14.4 Å². The Kier molecular flexibility index (Phi) is 10.4. The minimum absolute atomic E-state index is 0.0902. The number of phenolic OH excluding ortho intramolecular Hbond substituents is 4. The van der Waals surface area contributed by atoms with Crippen molar-refractivity contribution < 1.29 is 39.5 Å². The predicted molar refractivity (Wildman–Crippen MR) is 123 cm³/mol. The van der Waals surface area contributed by atoms with E-state index in [-0.39, 0.29) is 23.3 Å². The molecule has 0 radical (unpaired) electrons. The molecule has 0 spiro atoms. The highest BCUT2D eigenvalue weighted by molar-refractivity contribution is 5.84. The number of benzene rings is 3. The smallest absolute Gasteiger partial charge is 0.171 e. The summed E-state index contributed by atoms with van der Waals surface area (Å²) in [7, 11) is 5.38. The van der Waals surface area contributed by atoms with E-state index in [1.54, 1.807) is 0 Å². The van der Waals surface area contributed by atoms with Gasteiger partial charge in [0, 0.05) is 31.4 Å². The number of aldehydes is 3. The molecule has 0 aromatic heterocycles. The van der Waals surface area contributed by atoms with Crippen LogP contribution in [-0.4, -0.2) is 60.5 Å². The van der Waals surface area contributed by atoms with E-state index in [0.29, 0.717) is 17.6 Å². The van der Waals surface area contributed by atoms with E-state index in [1.807, 2.05) is 43.3 Å². The lowest BCUT2D eigenvalue weighted by Crippen LogP contribution is -2.08. The molecule has 3 aromatic carbocycles. The van der Waals surface area contributed by atoms with Gasteiger partial charge in [-0.1, -0.05) is 0 Å². The fourth-order valence-corrected chi connectivity index (χ4v) is 2.35. The molecular formula is C24H25NO8. The van der Waals surface area contributed by atoms with Gasteiger partial charge in [0.25, 0.3) is 0 Å². The molecule has 0 unspecified atom stereocenters. The zero-order valence-corrected chi connectivity index (χ0v) is 18.3. The second-order valence-electron chi connectivity index (χ2n) is 6.63. The number of nitrogens with zero attached hydrogens (tertiary/aromatic N) is 1. The van der Waals surface area contributed by atoms with E-state index in [1.165, 1.54) is 25.3 Å². The Balaban J connectivity index is 0.000000247. The molecule has 0 bridgehead atoms. The number of aromatic hydroxyl groups is 4. The maximum atomic E-state index is 10.3. The normalized spacial score (nSPS) is 9.30. The van der Waals surface area contributed by atoms with Crippen LogP contribution in [0.2, 0.25) is 0 Å². The molecule has 3 aromatic rings. The standard InChI is InChI=1S/C9H11NO.C8H8O3.C7H6O4/c1-10(2)9-5-3-8(7-11)4-6-9;1-11-8-4-7(10)3-2-6(8)5-9;8-3-4-5(9)1-2-6(10)7(4)11/h3-7H,1-2H3;2-5,10H,1H3;1-3,9-11H. The van der Waals surface area contributed by atoms with Gasteiger partial charge in [0.05, 0.1) is 12.7 Å². The summed E-state index contributed by atoms with van der Waals surface area (Å²) in [6.07, 6.45) is 1.79. The SMILES string of the molecule is CN(C)c1ccc(C=O)cc1.COc1cc(O)ccc1C=O.O=Cc1c(O)ccc(O)c1O. The Hall–Kier alpha value is -4.53. The number of carbonyl (C=O) groups is 3. The molecule has 0 aliphatic carbocycles. The van der Waals surface area contributed by atoms with Crippen LogP contribution in [0.25, 0.3) is 0 Å².